The third-order valence-corrected chi connectivity index (χ3v) is 3.23. The van der Waals surface area contributed by atoms with Crippen LogP contribution in [0.2, 0.25) is 0 Å². The van der Waals surface area contributed by atoms with Crippen molar-refractivity contribution in [2.24, 2.45) is 5.92 Å². The average Bonchev–Trinajstić information content (AvgIpc) is 2.89. The second-order valence-corrected chi connectivity index (χ2v) is 4.66. The van der Waals surface area contributed by atoms with E-state index < -0.39 is 0 Å². The van der Waals surface area contributed by atoms with Crippen molar-refractivity contribution < 1.29 is 14.3 Å². The molecule has 2 N–H and O–H groups in total. The lowest BCUT2D eigenvalue weighted by atomic mass is 10.1. The summed E-state index contributed by atoms with van der Waals surface area (Å²) in [7, 11) is 0. The largest absolute Gasteiger partial charge is 0.482 e. The van der Waals surface area contributed by atoms with Gasteiger partial charge in [0.2, 0.25) is 0 Å². The number of fused-ring (bicyclic) bond motifs is 1. The number of amides is 1. The molecule has 0 radical (unpaired) electrons. The zero-order chi connectivity index (χ0) is 12.4. The third kappa shape index (κ3) is 2.41. The Morgan fingerprint density at radius 3 is 3.22 bits per heavy atom. The maximum absolute atomic E-state index is 11.2. The van der Waals surface area contributed by atoms with Crippen LogP contribution in [0.4, 0.5) is 11.4 Å². The van der Waals surface area contributed by atoms with Crippen molar-refractivity contribution >= 4 is 17.3 Å². The molecular formula is C13H16N2O3. The Morgan fingerprint density at radius 2 is 2.39 bits per heavy atom. The van der Waals surface area contributed by atoms with Crippen LogP contribution in [0.3, 0.4) is 0 Å². The summed E-state index contributed by atoms with van der Waals surface area (Å²) in [6.07, 6.45) is 1.11. The SMILES string of the molecule is O=C1COc2ccc(NCC3CCOC3)cc2N1. The summed E-state index contributed by atoms with van der Waals surface area (Å²) in [4.78, 5) is 11.2. The van der Waals surface area contributed by atoms with E-state index in [-0.39, 0.29) is 12.5 Å². The molecule has 1 saturated heterocycles. The number of anilines is 2. The second kappa shape index (κ2) is 4.86. The molecule has 2 aliphatic rings. The molecule has 18 heavy (non-hydrogen) atoms. The van der Waals surface area contributed by atoms with E-state index >= 15 is 0 Å². The fourth-order valence-electron chi connectivity index (χ4n) is 2.20. The van der Waals surface area contributed by atoms with Crippen LogP contribution >= 0.6 is 0 Å². The minimum atomic E-state index is -0.108. The van der Waals surface area contributed by atoms with Crippen molar-refractivity contribution in [3.05, 3.63) is 18.2 Å². The van der Waals surface area contributed by atoms with Crippen molar-refractivity contribution in [1.82, 2.24) is 0 Å². The Kier molecular flexibility index (Phi) is 3.06. The first kappa shape index (κ1) is 11.3. The second-order valence-electron chi connectivity index (χ2n) is 4.66. The lowest BCUT2D eigenvalue weighted by Gasteiger charge is -2.19. The van der Waals surface area contributed by atoms with Gasteiger partial charge in [0.05, 0.1) is 12.3 Å². The molecule has 0 bridgehead atoms. The van der Waals surface area contributed by atoms with Crippen LogP contribution in [0.5, 0.6) is 5.75 Å². The molecule has 2 aliphatic heterocycles. The maximum Gasteiger partial charge on any atom is 0.262 e. The minimum absolute atomic E-state index is 0.0964. The smallest absolute Gasteiger partial charge is 0.262 e. The van der Waals surface area contributed by atoms with Gasteiger partial charge >= 0.3 is 0 Å². The fourth-order valence-corrected chi connectivity index (χ4v) is 2.20. The average molecular weight is 248 g/mol. The number of ether oxygens (including phenoxy) is 2. The van der Waals surface area contributed by atoms with Crippen LogP contribution in [0, 0.1) is 5.92 Å². The minimum Gasteiger partial charge on any atom is -0.482 e. The summed E-state index contributed by atoms with van der Waals surface area (Å²) >= 11 is 0. The highest BCUT2D eigenvalue weighted by Crippen LogP contribution is 2.30. The van der Waals surface area contributed by atoms with Crippen LogP contribution in [-0.4, -0.2) is 32.3 Å². The molecule has 1 unspecified atom stereocenters. The summed E-state index contributed by atoms with van der Waals surface area (Å²) in [6.45, 7) is 2.69. The molecule has 1 aromatic carbocycles. The molecule has 3 rings (SSSR count). The normalized spacial score (nSPS) is 22.0. The van der Waals surface area contributed by atoms with Gasteiger partial charge < -0.3 is 20.1 Å². The molecule has 1 fully saturated rings. The molecule has 0 spiro atoms. The first-order valence-corrected chi connectivity index (χ1v) is 6.19. The zero-order valence-electron chi connectivity index (χ0n) is 10.1. The quantitative estimate of drug-likeness (QED) is 0.850. The highest BCUT2D eigenvalue weighted by molar-refractivity contribution is 5.95. The summed E-state index contributed by atoms with van der Waals surface area (Å²) in [6, 6.07) is 5.75. The van der Waals surface area contributed by atoms with Crippen molar-refractivity contribution in [3.8, 4) is 5.75 Å². The van der Waals surface area contributed by atoms with Gasteiger partial charge in [-0.2, -0.15) is 0 Å². The number of hydrogen-bond acceptors (Lipinski definition) is 4. The van der Waals surface area contributed by atoms with Gasteiger partial charge in [0.25, 0.3) is 5.91 Å². The molecule has 0 aliphatic carbocycles. The van der Waals surface area contributed by atoms with Gasteiger partial charge in [0.1, 0.15) is 5.75 Å². The number of benzene rings is 1. The van der Waals surface area contributed by atoms with Crippen molar-refractivity contribution in [2.45, 2.75) is 6.42 Å². The summed E-state index contributed by atoms with van der Waals surface area (Å²) in [5, 5.41) is 6.16. The fraction of sp³-hybridized carbons (Fsp3) is 0.462. The van der Waals surface area contributed by atoms with Crippen LogP contribution in [0.15, 0.2) is 18.2 Å². The Morgan fingerprint density at radius 1 is 1.44 bits per heavy atom. The number of hydrogen-bond donors (Lipinski definition) is 2. The van der Waals surface area contributed by atoms with E-state index in [1.807, 2.05) is 18.2 Å². The van der Waals surface area contributed by atoms with Gasteiger partial charge in [0, 0.05) is 24.8 Å². The molecule has 96 valence electrons. The molecule has 5 heteroatoms. The molecule has 5 nitrogen and oxygen atoms in total. The molecule has 1 aromatic rings. The molecular weight excluding hydrogens is 232 g/mol. The summed E-state index contributed by atoms with van der Waals surface area (Å²) in [5.41, 5.74) is 1.73. The van der Waals surface area contributed by atoms with Gasteiger partial charge in [-0.15, -0.1) is 0 Å². The molecule has 1 atom stereocenters. The van der Waals surface area contributed by atoms with E-state index in [4.69, 9.17) is 9.47 Å². The van der Waals surface area contributed by atoms with Crippen LogP contribution in [0.25, 0.3) is 0 Å². The molecule has 1 amide bonds. The highest BCUT2D eigenvalue weighted by Gasteiger charge is 2.17. The predicted molar refractivity (Wildman–Crippen MR) is 68.0 cm³/mol. The highest BCUT2D eigenvalue weighted by atomic mass is 16.5. The van der Waals surface area contributed by atoms with Crippen LogP contribution in [0.1, 0.15) is 6.42 Å². The number of nitrogens with one attached hydrogen (secondary N) is 2. The monoisotopic (exact) mass is 248 g/mol. The number of carbonyl (C=O) groups is 1. The van der Waals surface area contributed by atoms with Crippen molar-refractivity contribution in [3.63, 3.8) is 0 Å². The van der Waals surface area contributed by atoms with Gasteiger partial charge in [-0.1, -0.05) is 0 Å². The van der Waals surface area contributed by atoms with Gasteiger partial charge in [-0.05, 0) is 24.6 Å². The predicted octanol–water partition coefficient (Wildman–Crippen LogP) is 1.47. The Labute approximate surface area is 105 Å². The summed E-state index contributed by atoms with van der Waals surface area (Å²) < 4.78 is 10.6. The van der Waals surface area contributed by atoms with Crippen molar-refractivity contribution in [1.29, 1.82) is 0 Å². The lowest BCUT2D eigenvalue weighted by Crippen LogP contribution is -2.25. The van der Waals surface area contributed by atoms with E-state index in [9.17, 15) is 4.79 Å². The first-order valence-electron chi connectivity index (χ1n) is 6.19. The molecule has 0 saturated carbocycles. The summed E-state index contributed by atoms with van der Waals surface area (Å²) in [5.74, 6) is 1.19. The van der Waals surface area contributed by atoms with E-state index in [1.54, 1.807) is 0 Å². The lowest BCUT2D eigenvalue weighted by molar-refractivity contribution is -0.118. The van der Waals surface area contributed by atoms with E-state index in [0.717, 1.165) is 43.3 Å². The zero-order valence-corrected chi connectivity index (χ0v) is 10.1. The van der Waals surface area contributed by atoms with Gasteiger partial charge in [-0.3, -0.25) is 4.79 Å². The Bertz CT molecular complexity index is 456. The third-order valence-electron chi connectivity index (χ3n) is 3.23. The Balaban J connectivity index is 1.65. The van der Waals surface area contributed by atoms with Crippen molar-refractivity contribution in [2.75, 3.05) is 37.0 Å². The maximum atomic E-state index is 11.2. The van der Waals surface area contributed by atoms with Crippen LogP contribution in [-0.2, 0) is 9.53 Å². The Hall–Kier alpha value is -1.75. The number of rotatable bonds is 3. The van der Waals surface area contributed by atoms with E-state index in [2.05, 4.69) is 10.6 Å². The van der Waals surface area contributed by atoms with E-state index in [0.29, 0.717) is 5.92 Å². The number of carbonyl (C=O) groups excluding carboxylic acids is 1. The molecule has 0 aromatic heterocycles. The topological polar surface area (TPSA) is 59.6 Å². The van der Waals surface area contributed by atoms with Crippen LogP contribution < -0.4 is 15.4 Å². The first-order chi connectivity index (χ1) is 8.81. The standard InChI is InChI=1S/C13H16N2O3/c16-13-8-18-12-2-1-10(5-11(12)15-13)14-6-9-3-4-17-7-9/h1-2,5,9,14H,3-4,6-8H2,(H,15,16). The van der Waals surface area contributed by atoms with Gasteiger partial charge in [0.15, 0.2) is 6.61 Å². The molecule has 2 heterocycles. The van der Waals surface area contributed by atoms with Gasteiger partial charge in [-0.25, -0.2) is 0 Å². The van der Waals surface area contributed by atoms with E-state index in [1.165, 1.54) is 0 Å².